The predicted molar refractivity (Wildman–Crippen MR) is 96.1 cm³/mol. The maximum Gasteiger partial charge on any atom is 0.137 e. The maximum atomic E-state index is 10.6. The van der Waals surface area contributed by atoms with Gasteiger partial charge in [0.1, 0.15) is 12.7 Å². The Bertz CT molecular complexity index is 898. The smallest absolute Gasteiger partial charge is 0.137 e. The van der Waals surface area contributed by atoms with Gasteiger partial charge in [0.15, 0.2) is 0 Å². The molecule has 26 heavy (non-hydrogen) atoms. The Hall–Kier alpha value is -2.38. The van der Waals surface area contributed by atoms with E-state index in [0.29, 0.717) is 11.8 Å². The van der Waals surface area contributed by atoms with Crippen LogP contribution in [0.15, 0.2) is 43.2 Å². The number of aliphatic hydroxyl groups excluding tert-OH is 1. The molecular weight excluding hydrogens is 328 g/mol. The Labute approximate surface area is 151 Å². The molecule has 0 unspecified atom stereocenters. The zero-order valence-corrected chi connectivity index (χ0v) is 14.5. The molecule has 0 amide bonds. The van der Waals surface area contributed by atoms with Gasteiger partial charge in [0, 0.05) is 32.0 Å². The molecule has 1 N–H and O–H groups in total. The molecule has 7 heteroatoms. The average molecular weight is 350 g/mol. The van der Waals surface area contributed by atoms with Crippen molar-refractivity contribution in [3.63, 3.8) is 0 Å². The Kier molecular flexibility index (Phi) is 3.90. The van der Waals surface area contributed by atoms with E-state index in [1.165, 1.54) is 5.56 Å². The maximum absolute atomic E-state index is 10.6. The Morgan fingerprint density at radius 3 is 2.65 bits per heavy atom. The number of benzene rings is 1. The fraction of sp³-hybridized carbons (Fsp3) is 0.474. The Morgan fingerprint density at radius 2 is 1.85 bits per heavy atom. The van der Waals surface area contributed by atoms with E-state index in [2.05, 4.69) is 37.1 Å². The van der Waals surface area contributed by atoms with Crippen LogP contribution in [0.3, 0.4) is 0 Å². The van der Waals surface area contributed by atoms with Gasteiger partial charge in [-0.3, -0.25) is 14.9 Å². The second-order valence-electron chi connectivity index (χ2n) is 7.58. The van der Waals surface area contributed by atoms with Gasteiger partial charge in [0.25, 0.3) is 0 Å². The van der Waals surface area contributed by atoms with Crippen LogP contribution in [0.2, 0.25) is 0 Å². The standard InChI is InChI=1S/C19H22N6O/c26-19-7-15-10-24(9-14(15)6-18(19)25-12-20-11-23-25)8-13-1-2-16-17(5-13)22-4-3-21-16/h1-5,11-12,14-15,18-19,26H,6-10H2/t14-,15+,18-,19-/m1/s1. The van der Waals surface area contributed by atoms with Gasteiger partial charge >= 0.3 is 0 Å². The first kappa shape index (κ1) is 15.8. The molecule has 3 heterocycles. The number of hydrogen-bond acceptors (Lipinski definition) is 6. The third-order valence-corrected chi connectivity index (χ3v) is 5.90. The third kappa shape index (κ3) is 2.87. The van der Waals surface area contributed by atoms with Crippen molar-refractivity contribution in [1.82, 2.24) is 29.6 Å². The zero-order valence-electron chi connectivity index (χ0n) is 14.5. The van der Waals surface area contributed by atoms with Gasteiger partial charge in [0.2, 0.25) is 0 Å². The molecule has 2 fully saturated rings. The number of fused-ring (bicyclic) bond motifs is 2. The van der Waals surface area contributed by atoms with Crippen molar-refractivity contribution in [3.05, 3.63) is 48.8 Å². The molecule has 7 nitrogen and oxygen atoms in total. The molecule has 134 valence electrons. The van der Waals surface area contributed by atoms with Crippen LogP contribution < -0.4 is 0 Å². The lowest BCUT2D eigenvalue weighted by atomic mass is 9.77. The lowest BCUT2D eigenvalue weighted by molar-refractivity contribution is 0.0304. The molecule has 1 saturated heterocycles. The topological polar surface area (TPSA) is 80.0 Å². The summed E-state index contributed by atoms with van der Waals surface area (Å²) in [6, 6.07) is 6.38. The molecule has 0 radical (unpaired) electrons. The lowest BCUT2D eigenvalue weighted by Crippen LogP contribution is -2.36. The molecule has 1 aromatic carbocycles. The number of hydrogen-bond donors (Lipinski definition) is 1. The monoisotopic (exact) mass is 350 g/mol. The van der Waals surface area contributed by atoms with E-state index in [0.717, 1.165) is 43.5 Å². The highest BCUT2D eigenvalue weighted by Crippen LogP contribution is 2.41. The Morgan fingerprint density at radius 1 is 1.04 bits per heavy atom. The molecule has 1 aliphatic carbocycles. The molecule has 5 rings (SSSR count). The summed E-state index contributed by atoms with van der Waals surface area (Å²) >= 11 is 0. The largest absolute Gasteiger partial charge is 0.391 e. The van der Waals surface area contributed by atoms with Crippen LogP contribution in [-0.2, 0) is 6.54 Å². The summed E-state index contributed by atoms with van der Waals surface area (Å²) in [5.74, 6) is 1.16. The minimum absolute atomic E-state index is 0.0506. The minimum Gasteiger partial charge on any atom is -0.391 e. The first-order chi connectivity index (χ1) is 12.8. The number of aromatic nitrogens is 5. The Balaban J connectivity index is 1.29. The van der Waals surface area contributed by atoms with Crippen molar-refractivity contribution >= 4 is 11.0 Å². The summed E-state index contributed by atoms with van der Waals surface area (Å²) in [5.41, 5.74) is 3.15. The van der Waals surface area contributed by atoms with Crippen molar-refractivity contribution in [2.45, 2.75) is 31.5 Å². The van der Waals surface area contributed by atoms with Gasteiger partial charge in [-0.15, -0.1) is 0 Å². The van der Waals surface area contributed by atoms with E-state index in [-0.39, 0.29) is 12.1 Å². The number of rotatable bonds is 3. The fourth-order valence-electron chi connectivity index (χ4n) is 4.67. The molecule has 0 bridgehead atoms. The van der Waals surface area contributed by atoms with Gasteiger partial charge in [0.05, 0.1) is 23.2 Å². The van der Waals surface area contributed by atoms with Crippen molar-refractivity contribution in [1.29, 1.82) is 0 Å². The number of nitrogens with zero attached hydrogens (tertiary/aromatic N) is 6. The normalized spacial score (nSPS) is 29.1. The zero-order chi connectivity index (χ0) is 17.5. The molecule has 2 aromatic heterocycles. The third-order valence-electron chi connectivity index (χ3n) is 5.90. The minimum atomic E-state index is -0.339. The second kappa shape index (κ2) is 6.41. The highest BCUT2D eigenvalue weighted by Gasteiger charge is 2.42. The summed E-state index contributed by atoms with van der Waals surface area (Å²) in [4.78, 5) is 15.3. The van der Waals surface area contributed by atoms with Gasteiger partial charge in [-0.2, -0.15) is 5.10 Å². The number of likely N-dealkylation sites (tertiary alicyclic amines) is 1. The van der Waals surface area contributed by atoms with E-state index in [1.807, 2.05) is 10.7 Å². The molecule has 2 aliphatic rings. The van der Waals surface area contributed by atoms with Crippen molar-refractivity contribution in [2.75, 3.05) is 13.1 Å². The van der Waals surface area contributed by atoms with Crippen LogP contribution in [-0.4, -0.2) is 53.9 Å². The lowest BCUT2D eigenvalue weighted by Gasteiger charge is -2.35. The predicted octanol–water partition coefficient (Wildman–Crippen LogP) is 1.67. The summed E-state index contributed by atoms with van der Waals surface area (Å²) in [5, 5.41) is 14.8. The van der Waals surface area contributed by atoms with Crippen LogP contribution >= 0.6 is 0 Å². The first-order valence-corrected chi connectivity index (χ1v) is 9.20. The highest BCUT2D eigenvalue weighted by atomic mass is 16.3. The molecule has 1 aliphatic heterocycles. The van der Waals surface area contributed by atoms with E-state index < -0.39 is 0 Å². The highest BCUT2D eigenvalue weighted by molar-refractivity contribution is 5.74. The van der Waals surface area contributed by atoms with Gasteiger partial charge in [-0.25, -0.2) is 9.67 Å². The van der Waals surface area contributed by atoms with Crippen LogP contribution in [0.25, 0.3) is 11.0 Å². The van der Waals surface area contributed by atoms with Crippen LogP contribution in [0, 0.1) is 11.8 Å². The average Bonchev–Trinajstić information content (AvgIpc) is 3.30. The molecule has 0 spiro atoms. The van der Waals surface area contributed by atoms with Crippen molar-refractivity contribution in [3.8, 4) is 0 Å². The molecule has 1 saturated carbocycles. The fourth-order valence-corrected chi connectivity index (χ4v) is 4.67. The second-order valence-corrected chi connectivity index (χ2v) is 7.58. The van der Waals surface area contributed by atoms with E-state index in [1.54, 1.807) is 25.0 Å². The number of aliphatic hydroxyl groups is 1. The van der Waals surface area contributed by atoms with Gasteiger partial charge in [-0.05, 0) is 42.4 Å². The molecule has 4 atom stereocenters. The van der Waals surface area contributed by atoms with Crippen LogP contribution in [0.1, 0.15) is 24.4 Å². The van der Waals surface area contributed by atoms with Gasteiger partial charge < -0.3 is 5.11 Å². The van der Waals surface area contributed by atoms with Gasteiger partial charge in [-0.1, -0.05) is 6.07 Å². The van der Waals surface area contributed by atoms with Crippen molar-refractivity contribution < 1.29 is 5.11 Å². The van der Waals surface area contributed by atoms with E-state index in [4.69, 9.17) is 0 Å². The van der Waals surface area contributed by atoms with E-state index in [9.17, 15) is 5.11 Å². The summed E-state index contributed by atoms with van der Waals surface area (Å²) in [7, 11) is 0. The van der Waals surface area contributed by atoms with Crippen LogP contribution in [0.4, 0.5) is 0 Å². The molecule has 3 aromatic rings. The van der Waals surface area contributed by atoms with Crippen molar-refractivity contribution in [2.24, 2.45) is 11.8 Å². The summed E-state index contributed by atoms with van der Waals surface area (Å²) in [6.45, 7) is 3.04. The first-order valence-electron chi connectivity index (χ1n) is 9.20. The molecular formula is C19H22N6O. The van der Waals surface area contributed by atoms with E-state index >= 15 is 0 Å². The SMILES string of the molecule is O[C@@H]1C[C@H]2CN(Cc3ccc4nccnc4c3)C[C@H]2C[C@H]1n1cncn1. The van der Waals surface area contributed by atoms with Crippen LogP contribution in [0.5, 0.6) is 0 Å². The quantitative estimate of drug-likeness (QED) is 0.774. The summed E-state index contributed by atoms with van der Waals surface area (Å²) < 4.78 is 1.82. The summed E-state index contributed by atoms with van der Waals surface area (Å²) in [6.07, 6.45) is 8.20.